The number of benzene rings is 9. The molecular formula is C58H36N4S. The van der Waals surface area contributed by atoms with E-state index in [0.717, 1.165) is 45.0 Å². The van der Waals surface area contributed by atoms with Crippen LogP contribution in [0.25, 0.3) is 120 Å². The van der Waals surface area contributed by atoms with Crippen molar-refractivity contribution in [2.75, 3.05) is 0 Å². The molecule has 0 spiro atoms. The van der Waals surface area contributed by atoms with Crippen molar-refractivity contribution in [3.63, 3.8) is 0 Å². The first-order valence-corrected chi connectivity index (χ1v) is 22.1. The van der Waals surface area contributed by atoms with E-state index in [1.165, 1.54) is 69.3 Å². The molecule has 0 aliphatic rings. The van der Waals surface area contributed by atoms with Gasteiger partial charge in [-0.2, -0.15) is 0 Å². The fourth-order valence-corrected chi connectivity index (χ4v) is 10.8. The summed E-state index contributed by atoms with van der Waals surface area (Å²) in [7, 11) is 0. The van der Waals surface area contributed by atoms with Crippen molar-refractivity contribution in [1.29, 1.82) is 0 Å². The van der Waals surface area contributed by atoms with Gasteiger partial charge < -0.3 is 9.13 Å². The fraction of sp³-hybridized carbons (Fsp3) is 0. The molecule has 4 aromatic heterocycles. The maximum atomic E-state index is 5.13. The van der Waals surface area contributed by atoms with Crippen LogP contribution in [0.3, 0.4) is 0 Å². The van der Waals surface area contributed by atoms with Crippen molar-refractivity contribution in [2.45, 2.75) is 0 Å². The summed E-state index contributed by atoms with van der Waals surface area (Å²) in [6.07, 6.45) is 0. The number of thiophene rings is 1. The first-order valence-electron chi connectivity index (χ1n) is 21.3. The molecule has 0 unspecified atom stereocenters. The van der Waals surface area contributed by atoms with Gasteiger partial charge in [0.05, 0.1) is 33.5 Å². The van der Waals surface area contributed by atoms with Crippen molar-refractivity contribution < 1.29 is 0 Å². The first kappa shape index (κ1) is 35.6. The van der Waals surface area contributed by atoms with Crippen molar-refractivity contribution in [3.8, 4) is 56.4 Å². The van der Waals surface area contributed by atoms with E-state index in [1.54, 1.807) is 0 Å². The van der Waals surface area contributed by atoms with E-state index in [-0.39, 0.29) is 0 Å². The molecule has 0 saturated carbocycles. The lowest BCUT2D eigenvalue weighted by molar-refractivity contribution is 1.17. The molecule has 5 heteroatoms. The van der Waals surface area contributed by atoms with Gasteiger partial charge in [0.1, 0.15) is 0 Å². The lowest BCUT2D eigenvalue weighted by atomic mass is 9.99. The summed E-state index contributed by atoms with van der Waals surface area (Å²) in [6.45, 7) is 0. The molecule has 0 aliphatic heterocycles. The zero-order valence-corrected chi connectivity index (χ0v) is 34.8. The highest BCUT2D eigenvalue weighted by molar-refractivity contribution is 7.26. The number of aromatic nitrogens is 4. The number of para-hydroxylation sites is 3. The van der Waals surface area contributed by atoms with E-state index in [4.69, 9.17) is 9.97 Å². The monoisotopic (exact) mass is 820 g/mol. The second-order valence-electron chi connectivity index (χ2n) is 16.2. The summed E-state index contributed by atoms with van der Waals surface area (Å²) in [5, 5.41) is 7.50. The van der Waals surface area contributed by atoms with Gasteiger partial charge in [-0.15, -0.1) is 11.3 Å². The van der Waals surface area contributed by atoms with Gasteiger partial charge in [0.15, 0.2) is 5.82 Å². The molecule has 294 valence electrons. The summed E-state index contributed by atoms with van der Waals surface area (Å²) in [6, 6.07) is 78.5. The highest BCUT2D eigenvalue weighted by atomic mass is 32.1. The molecule has 0 amide bonds. The summed E-state index contributed by atoms with van der Waals surface area (Å²) >= 11 is 1.86. The van der Waals surface area contributed by atoms with Crippen LogP contribution in [-0.2, 0) is 0 Å². The van der Waals surface area contributed by atoms with Crippen LogP contribution in [0, 0.1) is 0 Å². The van der Waals surface area contributed by atoms with E-state index in [2.05, 4.69) is 215 Å². The Bertz CT molecular complexity index is 3820. The summed E-state index contributed by atoms with van der Waals surface area (Å²) in [5.41, 5.74) is 14.3. The van der Waals surface area contributed by atoms with E-state index in [0.29, 0.717) is 5.82 Å². The van der Waals surface area contributed by atoms with Crippen LogP contribution in [0.2, 0.25) is 0 Å². The second-order valence-corrected chi connectivity index (χ2v) is 17.2. The van der Waals surface area contributed by atoms with Crippen molar-refractivity contribution in [1.82, 2.24) is 19.1 Å². The number of rotatable bonds is 6. The molecule has 4 heterocycles. The van der Waals surface area contributed by atoms with E-state index < -0.39 is 0 Å². The molecule has 0 saturated heterocycles. The number of fused-ring (bicyclic) bond motifs is 9. The van der Waals surface area contributed by atoms with Gasteiger partial charge in [-0.05, 0) is 66.2 Å². The molecule has 0 aliphatic carbocycles. The van der Waals surface area contributed by atoms with Crippen LogP contribution in [0.5, 0.6) is 0 Å². The summed E-state index contributed by atoms with van der Waals surface area (Å²) in [4.78, 5) is 10.3. The molecule has 0 atom stereocenters. The zero-order chi connectivity index (χ0) is 41.4. The fourth-order valence-electron chi connectivity index (χ4n) is 9.61. The van der Waals surface area contributed by atoms with Gasteiger partial charge in [-0.1, -0.05) is 158 Å². The SMILES string of the molecule is c1ccc(-c2cc(-c3ccccc3)nc(-c3ccc(-c4cc(-n5c6ccccc6c6cc7c8ccccc8n(-c8ccccc8)c7cc65)cc5c4sc4ccccc45)cc3)n2)cc1. The first-order chi connectivity index (χ1) is 31.2. The third kappa shape index (κ3) is 5.74. The molecular weight excluding hydrogens is 785 g/mol. The summed E-state index contributed by atoms with van der Waals surface area (Å²) in [5.74, 6) is 0.701. The van der Waals surface area contributed by atoms with Crippen LogP contribution in [0.15, 0.2) is 218 Å². The Morgan fingerprint density at radius 3 is 1.44 bits per heavy atom. The lowest BCUT2D eigenvalue weighted by Gasteiger charge is -2.14. The molecule has 13 aromatic rings. The van der Waals surface area contributed by atoms with Crippen LogP contribution in [-0.4, -0.2) is 19.1 Å². The smallest absolute Gasteiger partial charge is 0.160 e. The standard InChI is InChI=1S/C58H36N4S/c1-4-16-38(17-5-1)50-35-51(39-18-6-2-7-19-39)60-58(59-50)40-30-28-37(29-31-40)46-32-42(33-49-45-24-12-15-27-56(45)63-57(46)49)62-53-26-14-11-23-44(53)48-34-47-43-22-10-13-25-52(43)61(54(47)36-55(48)62)41-20-8-3-9-21-41/h1-36H. The normalized spacial score (nSPS) is 11.8. The van der Waals surface area contributed by atoms with Gasteiger partial charge in [0.25, 0.3) is 0 Å². The van der Waals surface area contributed by atoms with Crippen LogP contribution < -0.4 is 0 Å². The van der Waals surface area contributed by atoms with Gasteiger partial charge in [-0.3, -0.25) is 0 Å². The van der Waals surface area contributed by atoms with Crippen LogP contribution in [0.1, 0.15) is 0 Å². The van der Waals surface area contributed by atoms with E-state index in [9.17, 15) is 0 Å². The van der Waals surface area contributed by atoms with Crippen LogP contribution >= 0.6 is 11.3 Å². The number of nitrogens with zero attached hydrogens (tertiary/aromatic N) is 4. The molecule has 0 bridgehead atoms. The quantitative estimate of drug-likeness (QED) is 0.167. The zero-order valence-electron chi connectivity index (χ0n) is 34.0. The highest BCUT2D eigenvalue weighted by Crippen LogP contribution is 2.45. The maximum absolute atomic E-state index is 5.13. The second kappa shape index (κ2) is 14.2. The average molecular weight is 821 g/mol. The molecule has 13 rings (SSSR count). The predicted molar refractivity (Wildman–Crippen MR) is 265 cm³/mol. The molecule has 0 radical (unpaired) electrons. The highest BCUT2D eigenvalue weighted by Gasteiger charge is 2.21. The maximum Gasteiger partial charge on any atom is 0.160 e. The Kier molecular flexibility index (Phi) is 8.05. The van der Waals surface area contributed by atoms with Crippen LogP contribution in [0.4, 0.5) is 0 Å². The third-order valence-electron chi connectivity index (χ3n) is 12.5. The molecule has 4 nitrogen and oxygen atoms in total. The Balaban J connectivity index is 1.03. The van der Waals surface area contributed by atoms with Crippen molar-refractivity contribution in [2.24, 2.45) is 0 Å². The topological polar surface area (TPSA) is 35.6 Å². The Morgan fingerprint density at radius 2 is 0.825 bits per heavy atom. The third-order valence-corrected chi connectivity index (χ3v) is 13.7. The minimum Gasteiger partial charge on any atom is -0.309 e. The van der Waals surface area contributed by atoms with Gasteiger partial charge in [0, 0.05) is 75.3 Å². The molecule has 0 N–H and O–H groups in total. The lowest BCUT2D eigenvalue weighted by Crippen LogP contribution is -1.97. The Hall–Kier alpha value is -8.12. The summed E-state index contributed by atoms with van der Waals surface area (Å²) < 4.78 is 7.44. The van der Waals surface area contributed by atoms with Gasteiger partial charge in [-0.25, -0.2) is 9.97 Å². The van der Waals surface area contributed by atoms with Gasteiger partial charge >= 0.3 is 0 Å². The van der Waals surface area contributed by atoms with Crippen molar-refractivity contribution in [3.05, 3.63) is 218 Å². The number of hydrogen-bond donors (Lipinski definition) is 0. The largest absolute Gasteiger partial charge is 0.309 e. The van der Waals surface area contributed by atoms with E-state index in [1.807, 2.05) is 23.5 Å². The minimum absolute atomic E-state index is 0.701. The van der Waals surface area contributed by atoms with Gasteiger partial charge in [0.2, 0.25) is 0 Å². The Morgan fingerprint density at radius 1 is 0.317 bits per heavy atom. The Labute approximate surface area is 367 Å². The molecule has 63 heavy (non-hydrogen) atoms. The molecule has 0 fully saturated rings. The predicted octanol–water partition coefficient (Wildman–Crippen LogP) is 15.7. The average Bonchev–Trinajstić information content (AvgIpc) is 4.01. The minimum atomic E-state index is 0.701. The van der Waals surface area contributed by atoms with Crippen molar-refractivity contribution >= 4 is 75.1 Å². The molecule has 9 aromatic carbocycles. The van der Waals surface area contributed by atoms with E-state index >= 15 is 0 Å². The number of hydrogen-bond acceptors (Lipinski definition) is 3.